The minimum absolute atomic E-state index is 0.272. The Morgan fingerprint density at radius 3 is 2.39 bits per heavy atom. The van der Waals surface area contributed by atoms with Gasteiger partial charge in [-0.15, -0.1) is 10.2 Å². The lowest BCUT2D eigenvalue weighted by atomic mass is 10.1. The SMILES string of the molecule is CCC(CC)c1nnc(NC(=O)c2ccc(OC(C)=O)cc2)s1. The molecule has 0 atom stereocenters. The maximum absolute atomic E-state index is 12.2. The third-order valence-electron chi connectivity index (χ3n) is 3.37. The standard InChI is InChI=1S/C16H19N3O3S/c1-4-11(5-2)15-18-19-16(23-15)17-14(21)12-6-8-13(9-7-12)22-10(3)20/h6-9,11H,4-5H2,1-3H3,(H,17,19,21). The molecule has 0 aliphatic heterocycles. The molecule has 0 spiro atoms. The Labute approximate surface area is 138 Å². The molecule has 1 aromatic carbocycles. The maximum atomic E-state index is 12.2. The molecule has 2 rings (SSSR count). The highest BCUT2D eigenvalue weighted by molar-refractivity contribution is 7.15. The number of esters is 1. The van der Waals surface area contributed by atoms with Crippen molar-refractivity contribution < 1.29 is 14.3 Å². The van der Waals surface area contributed by atoms with E-state index in [4.69, 9.17) is 4.74 Å². The van der Waals surface area contributed by atoms with Crippen LogP contribution in [-0.2, 0) is 4.79 Å². The summed E-state index contributed by atoms with van der Waals surface area (Å²) in [6.45, 7) is 5.55. The summed E-state index contributed by atoms with van der Waals surface area (Å²) in [5, 5.41) is 12.3. The molecule has 0 unspecified atom stereocenters. The van der Waals surface area contributed by atoms with E-state index in [0.717, 1.165) is 17.8 Å². The summed E-state index contributed by atoms with van der Waals surface area (Å²) in [4.78, 5) is 23.1. The Balaban J connectivity index is 2.03. The van der Waals surface area contributed by atoms with Crippen LogP contribution in [0.3, 0.4) is 0 Å². The van der Waals surface area contributed by atoms with Crippen LogP contribution < -0.4 is 10.1 Å². The lowest BCUT2D eigenvalue weighted by Crippen LogP contribution is -2.11. The fourth-order valence-electron chi connectivity index (χ4n) is 2.10. The number of aromatic nitrogens is 2. The van der Waals surface area contributed by atoms with Crippen molar-refractivity contribution in [1.82, 2.24) is 10.2 Å². The number of hydrogen-bond acceptors (Lipinski definition) is 6. The molecule has 23 heavy (non-hydrogen) atoms. The van der Waals surface area contributed by atoms with Crippen LogP contribution in [0.1, 0.15) is 54.9 Å². The summed E-state index contributed by atoms with van der Waals surface area (Å²) in [5.74, 6) is 0.110. The average Bonchev–Trinajstić information content (AvgIpc) is 2.97. The van der Waals surface area contributed by atoms with Gasteiger partial charge in [-0.3, -0.25) is 14.9 Å². The zero-order valence-electron chi connectivity index (χ0n) is 13.3. The van der Waals surface area contributed by atoms with Crippen LogP contribution in [0.5, 0.6) is 5.75 Å². The highest BCUT2D eigenvalue weighted by Crippen LogP contribution is 2.28. The van der Waals surface area contributed by atoms with Gasteiger partial charge in [0.1, 0.15) is 10.8 Å². The van der Waals surface area contributed by atoms with Crippen LogP contribution in [0.4, 0.5) is 5.13 Å². The van der Waals surface area contributed by atoms with Gasteiger partial charge in [-0.2, -0.15) is 0 Å². The number of nitrogens with one attached hydrogen (secondary N) is 1. The first-order valence-corrected chi connectivity index (χ1v) is 8.28. The zero-order chi connectivity index (χ0) is 16.8. The highest BCUT2D eigenvalue weighted by Gasteiger charge is 2.15. The largest absolute Gasteiger partial charge is 0.427 e. The third-order valence-corrected chi connectivity index (χ3v) is 4.38. The number of hydrogen-bond donors (Lipinski definition) is 1. The second-order valence-corrected chi connectivity index (χ2v) is 6.04. The molecule has 1 heterocycles. The summed E-state index contributed by atoms with van der Waals surface area (Å²) in [7, 11) is 0. The Kier molecular flexibility index (Phi) is 5.81. The molecule has 0 aliphatic rings. The van der Waals surface area contributed by atoms with Crippen LogP contribution in [0.25, 0.3) is 0 Å². The van der Waals surface area contributed by atoms with Crippen molar-refractivity contribution in [3.05, 3.63) is 34.8 Å². The number of amides is 1. The van der Waals surface area contributed by atoms with E-state index in [9.17, 15) is 9.59 Å². The minimum atomic E-state index is -0.398. The second-order valence-electron chi connectivity index (χ2n) is 5.03. The Morgan fingerprint density at radius 1 is 1.17 bits per heavy atom. The van der Waals surface area contributed by atoms with Gasteiger partial charge in [0.25, 0.3) is 5.91 Å². The van der Waals surface area contributed by atoms with E-state index < -0.39 is 5.97 Å². The van der Waals surface area contributed by atoms with E-state index in [1.165, 1.54) is 18.3 Å². The zero-order valence-corrected chi connectivity index (χ0v) is 14.1. The summed E-state index contributed by atoms with van der Waals surface area (Å²) in [6, 6.07) is 6.34. The van der Waals surface area contributed by atoms with E-state index in [0.29, 0.717) is 22.4 Å². The Morgan fingerprint density at radius 2 is 1.83 bits per heavy atom. The molecule has 1 aromatic heterocycles. The number of carbonyl (C=O) groups excluding carboxylic acids is 2. The molecule has 0 saturated heterocycles. The fourth-order valence-corrected chi connectivity index (χ4v) is 3.10. The van der Waals surface area contributed by atoms with E-state index in [1.807, 2.05) is 0 Å². The molecule has 7 heteroatoms. The molecule has 1 amide bonds. The molecule has 0 saturated carbocycles. The predicted octanol–water partition coefficient (Wildman–Crippen LogP) is 3.62. The second kappa shape index (κ2) is 7.82. The molecular weight excluding hydrogens is 314 g/mol. The number of benzene rings is 1. The van der Waals surface area contributed by atoms with Crippen molar-refractivity contribution in [3.63, 3.8) is 0 Å². The average molecular weight is 333 g/mol. The van der Waals surface area contributed by atoms with Gasteiger partial charge in [0.2, 0.25) is 5.13 Å². The fraction of sp³-hybridized carbons (Fsp3) is 0.375. The smallest absolute Gasteiger partial charge is 0.308 e. The minimum Gasteiger partial charge on any atom is -0.427 e. The molecular formula is C16H19N3O3S. The van der Waals surface area contributed by atoms with Crippen molar-refractivity contribution in [2.75, 3.05) is 5.32 Å². The van der Waals surface area contributed by atoms with Gasteiger partial charge in [-0.1, -0.05) is 25.2 Å². The Bertz CT molecular complexity index is 678. The number of ether oxygens (including phenoxy) is 1. The summed E-state index contributed by atoms with van der Waals surface area (Å²) in [5.41, 5.74) is 0.459. The van der Waals surface area contributed by atoms with Crippen LogP contribution in [0.15, 0.2) is 24.3 Å². The van der Waals surface area contributed by atoms with Crippen molar-refractivity contribution >= 4 is 28.3 Å². The summed E-state index contributed by atoms with van der Waals surface area (Å²) >= 11 is 1.40. The molecule has 6 nitrogen and oxygen atoms in total. The molecule has 0 aliphatic carbocycles. The van der Waals surface area contributed by atoms with E-state index >= 15 is 0 Å². The molecule has 0 fully saturated rings. The molecule has 1 N–H and O–H groups in total. The number of rotatable bonds is 6. The van der Waals surface area contributed by atoms with Crippen molar-refractivity contribution in [2.24, 2.45) is 0 Å². The third kappa shape index (κ3) is 4.59. The highest BCUT2D eigenvalue weighted by atomic mass is 32.1. The van der Waals surface area contributed by atoms with Gasteiger partial charge in [0.15, 0.2) is 0 Å². The molecule has 0 radical (unpaired) electrons. The van der Waals surface area contributed by atoms with Crippen molar-refractivity contribution in [3.8, 4) is 5.75 Å². The van der Waals surface area contributed by atoms with Crippen LogP contribution in [0.2, 0.25) is 0 Å². The van der Waals surface area contributed by atoms with Crippen molar-refractivity contribution in [2.45, 2.75) is 39.5 Å². The lowest BCUT2D eigenvalue weighted by molar-refractivity contribution is -0.131. The maximum Gasteiger partial charge on any atom is 0.308 e. The van der Waals surface area contributed by atoms with Gasteiger partial charge >= 0.3 is 5.97 Å². The van der Waals surface area contributed by atoms with E-state index in [-0.39, 0.29) is 5.91 Å². The number of nitrogens with zero attached hydrogens (tertiary/aromatic N) is 2. The monoisotopic (exact) mass is 333 g/mol. The van der Waals surface area contributed by atoms with Gasteiger partial charge in [-0.25, -0.2) is 0 Å². The predicted molar refractivity (Wildman–Crippen MR) is 88.9 cm³/mol. The quantitative estimate of drug-likeness (QED) is 0.645. The van der Waals surface area contributed by atoms with Gasteiger partial charge in [0, 0.05) is 18.4 Å². The van der Waals surface area contributed by atoms with Gasteiger partial charge < -0.3 is 4.74 Å². The first kappa shape index (κ1) is 17.1. The van der Waals surface area contributed by atoms with E-state index in [1.54, 1.807) is 24.3 Å². The number of anilines is 1. The molecule has 2 aromatic rings. The first-order chi connectivity index (χ1) is 11.0. The lowest BCUT2D eigenvalue weighted by Gasteiger charge is -2.06. The van der Waals surface area contributed by atoms with Crippen LogP contribution in [0, 0.1) is 0 Å². The van der Waals surface area contributed by atoms with Gasteiger partial charge in [-0.05, 0) is 37.1 Å². The molecule has 122 valence electrons. The molecule has 0 bridgehead atoms. The topological polar surface area (TPSA) is 81.2 Å². The van der Waals surface area contributed by atoms with Gasteiger partial charge in [0.05, 0.1) is 0 Å². The summed E-state index contributed by atoms with van der Waals surface area (Å²) in [6.07, 6.45) is 1.99. The summed E-state index contributed by atoms with van der Waals surface area (Å²) < 4.78 is 4.93. The van der Waals surface area contributed by atoms with Crippen molar-refractivity contribution in [1.29, 1.82) is 0 Å². The Hall–Kier alpha value is -2.28. The van der Waals surface area contributed by atoms with Crippen LogP contribution in [-0.4, -0.2) is 22.1 Å². The first-order valence-electron chi connectivity index (χ1n) is 7.46. The van der Waals surface area contributed by atoms with E-state index in [2.05, 4.69) is 29.4 Å². The van der Waals surface area contributed by atoms with Crippen LogP contribution >= 0.6 is 11.3 Å². The number of carbonyl (C=O) groups is 2. The normalized spacial score (nSPS) is 10.6.